The molecule has 17 heavy (non-hydrogen) atoms. The van der Waals surface area contributed by atoms with E-state index in [1.54, 1.807) is 19.5 Å². The normalized spacial score (nSPS) is 13.0. The maximum absolute atomic E-state index is 6.16. The largest absolute Gasteiger partial charge is 0.493 e. The average molecular weight is 236 g/mol. The van der Waals surface area contributed by atoms with Crippen molar-refractivity contribution in [2.45, 2.75) is 25.9 Å². The fraction of sp³-hybridized carbons (Fsp3) is 0.500. The molecule has 1 atom stereocenters. The van der Waals surface area contributed by atoms with Gasteiger partial charge in [-0.2, -0.15) is 20.5 Å². The zero-order chi connectivity index (χ0) is 12.4. The summed E-state index contributed by atoms with van der Waals surface area (Å²) in [5, 5.41) is 14.6. The number of rotatable bonds is 4. The Morgan fingerprint density at radius 3 is 2.71 bits per heavy atom. The van der Waals surface area contributed by atoms with Crippen LogP contribution in [0.4, 0.5) is 0 Å². The predicted octanol–water partition coefficient (Wildman–Crippen LogP) is 0.639. The van der Waals surface area contributed by atoms with Crippen LogP contribution in [0.15, 0.2) is 12.4 Å². The Hall–Kier alpha value is -1.89. The summed E-state index contributed by atoms with van der Waals surface area (Å²) in [6, 6.07) is -0.208. The van der Waals surface area contributed by atoms with Gasteiger partial charge in [-0.15, -0.1) is 0 Å². The van der Waals surface area contributed by atoms with Gasteiger partial charge in [-0.1, -0.05) is 0 Å². The SMILES string of the molecule is COc1cnn(C(C)C)c1C(N)c1cn[nH]n1. The number of nitrogens with two attached hydrogens (primary N) is 1. The van der Waals surface area contributed by atoms with Crippen LogP contribution in [-0.4, -0.2) is 32.3 Å². The van der Waals surface area contributed by atoms with Gasteiger partial charge in [0.2, 0.25) is 0 Å². The maximum atomic E-state index is 6.16. The van der Waals surface area contributed by atoms with Crippen molar-refractivity contribution in [3.05, 3.63) is 23.8 Å². The summed E-state index contributed by atoms with van der Waals surface area (Å²) in [4.78, 5) is 0. The van der Waals surface area contributed by atoms with Crippen molar-refractivity contribution >= 4 is 0 Å². The minimum absolute atomic E-state index is 0.201. The quantitative estimate of drug-likeness (QED) is 0.812. The Balaban J connectivity index is 2.45. The van der Waals surface area contributed by atoms with Crippen LogP contribution in [0.1, 0.15) is 37.3 Å². The lowest BCUT2D eigenvalue weighted by atomic mass is 10.1. The Kier molecular flexibility index (Phi) is 3.10. The summed E-state index contributed by atoms with van der Waals surface area (Å²) >= 11 is 0. The van der Waals surface area contributed by atoms with Crippen LogP contribution in [-0.2, 0) is 0 Å². The third-order valence-electron chi connectivity index (χ3n) is 2.55. The van der Waals surface area contributed by atoms with E-state index in [4.69, 9.17) is 10.5 Å². The Morgan fingerprint density at radius 2 is 2.18 bits per heavy atom. The number of nitrogens with zero attached hydrogens (tertiary/aromatic N) is 4. The molecule has 0 saturated carbocycles. The lowest BCUT2D eigenvalue weighted by Crippen LogP contribution is -2.19. The molecule has 92 valence electrons. The fourth-order valence-electron chi connectivity index (χ4n) is 1.72. The van der Waals surface area contributed by atoms with Crippen LogP contribution in [0.25, 0.3) is 0 Å². The van der Waals surface area contributed by atoms with Crippen LogP contribution in [0.3, 0.4) is 0 Å². The van der Waals surface area contributed by atoms with Crippen molar-refractivity contribution in [1.29, 1.82) is 0 Å². The number of methoxy groups -OCH3 is 1. The van der Waals surface area contributed by atoms with Gasteiger partial charge in [0.1, 0.15) is 11.4 Å². The minimum atomic E-state index is -0.409. The highest BCUT2D eigenvalue weighted by molar-refractivity contribution is 5.32. The van der Waals surface area contributed by atoms with Gasteiger partial charge >= 0.3 is 0 Å². The zero-order valence-electron chi connectivity index (χ0n) is 10.1. The summed E-state index contributed by atoms with van der Waals surface area (Å²) < 4.78 is 7.11. The molecule has 0 aromatic carbocycles. The van der Waals surface area contributed by atoms with E-state index >= 15 is 0 Å². The van der Waals surface area contributed by atoms with Crippen LogP contribution in [0.2, 0.25) is 0 Å². The molecule has 0 fully saturated rings. The van der Waals surface area contributed by atoms with Gasteiger partial charge in [0.15, 0.2) is 5.75 Å². The van der Waals surface area contributed by atoms with Crippen molar-refractivity contribution in [1.82, 2.24) is 25.2 Å². The van der Waals surface area contributed by atoms with E-state index in [0.29, 0.717) is 11.4 Å². The second kappa shape index (κ2) is 4.54. The third kappa shape index (κ3) is 2.01. The molecule has 0 saturated heterocycles. The molecule has 7 heteroatoms. The molecule has 0 aliphatic rings. The Morgan fingerprint density at radius 1 is 1.41 bits per heavy atom. The van der Waals surface area contributed by atoms with E-state index in [1.165, 1.54) is 0 Å². The first-order chi connectivity index (χ1) is 8.15. The summed E-state index contributed by atoms with van der Waals surface area (Å²) in [5.74, 6) is 0.661. The number of aromatic nitrogens is 5. The fourth-order valence-corrected chi connectivity index (χ4v) is 1.72. The van der Waals surface area contributed by atoms with Gasteiger partial charge in [0.05, 0.1) is 25.5 Å². The smallest absolute Gasteiger partial charge is 0.161 e. The molecular weight excluding hydrogens is 220 g/mol. The highest BCUT2D eigenvalue weighted by Gasteiger charge is 2.23. The van der Waals surface area contributed by atoms with Crippen molar-refractivity contribution in [2.75, 3.05) is 7.11 Å². The van der Waals surface area contributed by atoms with Gasteiger partial charge in [0.25, 0.3) is 0 Å². The second-order valence-electron chi connectivity index (χ2n) is 4.01. The number of ether oxygens (including phenoxy) is 1. The molecule has 0 bridgehead atoms. The topological polar surface area (TPSA) is 94.6 Å². The zero-order valence-corrected chi connectivity index (χ0v) is 10.1. The maximum Gasteiger partial charge on any atom is 0.161 e. The highest BCUT2D eigenvalue weighted by Crippen LogP contribution is 2.28. The van der Waals surface area contributed by atoms with Crippen molar-refractivity contribution in [3.63, 3.8) is 0 Å². The standard InChI is InChI=1S/C10H16N6O/c1-6(2)16-10(8(17-3)5-13-16)9(11)7-4-12-15-14-7/h4-6,9H,11H2,1-3H3,(H,12,14,15). The van der Waals surface area contributed by atoms with E-state index in [9.17, 15) is 0 Å². The van der Waals surface area contributed by atoms with Gasteiger partial charge in [0, 0.05) is 6.04 Å². The molecule has 0 aliphatic carbocycles. The molecule has 7 nitrogen and oxygen atoms in total. The van der Waals surface area contributed by atoms with E-state index in [2.05, 4.69) is 20.5 Å². The number of aromatic amines is 1. The molecule has 0 amide bonds. The third-order valence-corrected chi connectivity index (χ3v) is 2.55. The van der Waals surface area contributed by atoms with E-state index < -0.39 is 6.04 Å². The van der Waals surface area contributed by atoms with Gasteiger partial charge < -0.3 is 10.5 Å². The van der Waals surface area contributed by atoms with Crippen LogP contribution in [0.5, 0.6) is 5.75 Å². The van der Waals surface area contributed by atoms with Crippen LogP contribution in [0, 0.1) is 0 Å². The van der Waals surface area contributed by atoms with Crippen molar-refractivity contribution in [3.8, 4) is 5.75 Å². The summed E-state index contributed by atoms with van der Waals surface area (Å²) in [6.45, 7) is 4.07. The monoisotopic (exact) mass is 236 g/mol. The number of hydrogen-bond donors (Lipinski definition) is 2. The summed E-state index contributed by atoms with van der Waals surface area (Å²) in [5.41, 5.74) is 7.62. The lowest BCUT2D eigenvalue weighted by molar-refractivity contribution is 0.400. The molecule has 0 aliphatic heterocycles. The van der Waals surface area contributed by atoms with Gasteiger partial charge in [-0.05, 0) is 13.8 Å². The van der Waals surface area contributed by atoms with Gasteiger partial charge in [-0.25, -0.2) is 0 Å². The van der Waals surface area contributed by atoms with Gasteiger partial charge in [-0.3, -0.25) is 4.68 Å². The first-order valence-electron chi connectivity index (χ1n) is 5.37. The molecular formula is C10H16N6O. The molecule has 1 unspecified atom stereocenters. The van der Waals surface area contributed by atoms with Crippen molar-refractivity contribution < 1.29 is 4.74 Å². The number of hydrogen-bond acceptors (Lipinski definition) is 5. The van der Waals surface area contributed by atoms with Crippen molar-refractivity contribution in [2.24, 2.45) is 5.73 Å². The molecule has 2 rings (SSSR count). The summed E-state index contributed by atoms with van der Waals surface area (Å²) in [6.07, 6.45) is 3.26. The molecule has 2 aromatic heterocycles. The Labute approximate surface area is 99.0 Å². The molecule has 0 spiro atoms. The first-order valence-corrected chi connectivity index (χ1v) is 5.37. The van der Waals surface area contributed by atoms with E-state index in [0.717, 1.165) is 5.69 Å². The lowest BCUT2D eigenvalue weighted by Gasteiger charge is -2.16. The minimum Gasteiger partial charge on any atom is -0.493 e. The van der Waals surface area contributed by atoms with E-state index in [-0.39, 0.29) is 6.04 Å². The molecule has 3 N–H and O–H groups in total. The number of nitrogens with one attached hydrogen (secondary N) is 1. The van der Waals surface area contributed by atoms with Crippen LogP contribution < -0.4 is 10.5 Å². The predicted molar refractivity (Wildman–Crippen MR) is 61.6 cm³/mol. The van der Waals surface area contributed by atoms with Crippen LogP contribution >= 0.6 is 0 Å². The second-order valence-corrected chi connectivity index (χ2v) is 4.01. The first kappa shape index (κ1) is 11.6. The summed E-state index contributed by atoms with van der Waals surface area (Å²) in [7, 11) is 1.60. The molecule has 0 radical (unpaired) electrons. The highest BCUT2D eigenvalue weighted by atomic mass is 16.5. The average Bonchev–Trinajstić information content (AvgIpc) is 2.96. The molecule has 2 aromatic rings. The number of H-pyrrole nitrogens is 1. The Bertz CT molecular complexity index is 475. The molecule has 2 heterocycles. The van der Waals surface area contributed by atoms with E-state index in [1.807, 2.05) is 18.5 Å².